The molecule has 1 saturated heterocycles. The average Bonchev–Trinajstić information content (AvgIpc) is 3.13. The Balaban J connectivity index is 1.49. The lowest BCUT2D eigenvalue weighted by molar-refractivity contribution is -0.136. The zero-order chi connectivity index (χ0) is 19.9. The first-order valence-corrected chi connectivity index (χ1v) is 9.75. The molecule has 0 bridgehead atoms. The monoisotopic (exact) mass is 380 g/mol. The predicted molar refractivity (Wildman–Crippen MR) is 108 cm³/mol. The Labute approximate surface area is 166 Å². The van der Waals surface area contributed by atoms with Crippen LogP contribution in [-0.4, -0.2) is 58.8 Å². The molecule has 148 valence electrons. The highest BCUT2D eigenvalue weighted by molar-refractivity contribution is 5.88. The van der Waals surface area contributed by atoms with Gasteiger partial charge in [0.15, 0.2) is 0 Å². The third kappa shape index (κ3) is 5.16. The molecule has 1 aromatic heterocycles. The van der Waals surface area contributed by atoms with Crippen molar-refractivity contribution in [2.24, 2.45) is 0 Å². The summed E-state index contributed by atoms with van der Waals surface area (Å²) in [5.74, 6) is -0.0825. The quantitative estimate of drug-likeness (QED) is 0.759. The molecule has 2 amide bonds. The van der Waals surface area contributed by atoms with E-state index in [1.807, 2.05) is 30.3 Å². The van der Waals surface area contributed by atoms with Gasteiger partial charge in [-0.15, -0.1) is 0 Å². The molecule has 1 aliphatic rings. The van der Waals surface area contributed by atoms with E-state index in [-0.39, 0.29) is 17.9 Å². The second kappa shape index (κ2) is 9.46. The van der Waals surface area contributed by atoms with Crippen molar-refractivity contribution in [3.8, 4) is 0 Å². The van der Waals surface area contributed by atoms with E-state index in [2.05, 4.69) is 34.4 Å². The van der Waals surface area contributed by atoms with Crippen LogP contribution in [0, 0.1) is 0 Å². The summed E-state index contributed by atoms with van der Waals surface area (Å²) in [7, 11) is 2.05. The zero-order valence-electron chi connectivity index (χ0n) is 16.5. The molecule has 1 aliphatic heterocycles. The van der Waals surface area contributed by atoms with Crippen molar-refractivity contribution in [1.82, 2.24) is 20.1 Å². The van der Waals surface area contributed by atoms with Crippen molar-refractivity contribution in [2.75, 3.05) is 20.1 Å². The van der Waals surface area contributed by atoms with Crippen LogP contribution in [-0.2, 0) is 22.6 Å². The summed E-state index contributed by atoms with van der Waals surface area (Å²) < 4.78 is 0. The summed E-state index contributed by atoms with van der Waals surface area (Å²) in [6.07, 6.45) is 4.81. The Morgan fingerprint density at radius 1 is 1.21 bits per heavy atom. The summed E-state index contributed by atoms with van der Waals surface area (Å²) in [4.78, 5) is 32.9. The summed E-state index contributed by atoms with van der Waals surface area (Å²) in [6.45, 7) is 3.71. The second-order valence-corrected chi connectivity index (χ2v) is 7.37. The highest BCUT2D eigenvalue weighted by atomic mass is 16.2. The van der Waals surface area contributed by atoms with Crippen molar-refractivity contribution < 1.29 is 9.59 Å². The first-order valence-electron chi connectivity index (χ1n) is 9.75. The Morgan fingerprint density at radius 3 is 2.64 bits per heavy atom. The minimum atomic E-state index is -0.470. The van der Waals surface area contributed by atoms with Crippen LogP contribution < -0.4 is 5.32 Å². The molecule has 1 N–H and O–H groups in total. The second-order valence-electron chi connectivity index (χ2n) is 7.37. The molecule has 0 radical (unpaired) electrons. The number of hydrogen-bond acceptors (Lipinski definition) is 4. The third-order valence-electron chi connectivity index (χ3n) is 5.42. The summed E-state index contributed by atoms with van der Waals surface area (Å²) in [6, 6.07) is 13.7. The fourth-order valence-electron chi connectivity index (χ4n) is 3.49. The van der Waals surface area contributed by atoms with E-state index in [0.717, 1.165) is 18.5 Å². The van der Waals surface area contributed by atoms with Crippen LogP contribution in [0.25, 0.3) is 0 Å². The molecular formula is C22H28N4O2. The van der Waals surface area contributed by atoms with Crippen LogP contribution in [0.1, 0.15) is 24.5 Å². The number of aromatic nitrogens is 1. The Bertz CT molecular complexity index is 782. The molecule has 0 aliphatic carbocycles. The number of likely N-dealkylation sites (N-methyl/N-ethyl adjacent to an activating group) is 1. The molecule has 2 atom stereocenters. The molecule has 3 rings (SSSR count). The number of carbonyl (C=O) groups is 2. The lowest BCUT2D eigenvalue weighted by Gasteiger charge is -2.27. The smallest absolute Gasteiger partial charge is 0.242 e. The maximum absolute atomic E-state index is 12.5. The Hall–Kier alpha value is -2.73. The predicted octanol–water partition coefficient (Wildman–Crippen LogP) is 1.86. The first-order chi connectivity index (χ1) is 13.5. The van der Waals surface area contributed by atoms with Gasteiger partial charge in [0.1, 0.15) is 6.04 Å². The number of benzene rings is 1. The molecule has 2 aromatic rings. The van der Waals surface area contributed by atoms with E-state index in [0.29, 0.717) is 19.5 Å². The fraction of sp³-hybridized carbons (Fsp3) is 0.409. The van der Waals surface area contributed by atoms with E-state index in [1.165, 1.54) is 5.56 Å². The van der Waals surface area contributed by atoms with Gasteiger partial charge in [-0.05, 0) is 43.7 Å². The molecule has 28 heavy (non-hydrogen) atoms. The van der Waals surface area contributed by atoms with Gasteiger partial charge < -0.3 is 15.1 Å². The van der Waals surface area contributed by atoms with Gasteiger partial charge in [0, 0.05) is 44.5 Å². The number of hydrogen-bond donors (Lipinski definition) is 1. The molecule has 0 spiro atoms. The molecule has 0 saturated carbocycles. The van der Waals surface area contributed by atoms with Crippen LogP contribution in [0.15, 0.2) is 54.9 Å². The van der Waals surface area contributed by atoms with Gasteiger partial charge in [-0.25, -0.2) is 0 Å². The lowest BCUT2D eigenvalue weighted by Crippen LogP contribution is -2.46. The average molecular weight is 380 g/mol. The fourth-order valence-corrected chi connectivity index (χ4v) is 3.49. The maximum Gasteiger partial charge on any atom is 0.242 e. The normalized spacial score (nSPS) is 17.8. The van der Waals surface area contributed by atoms with Gasteiger partial charge in [0.25, 0.3) is 0 Å². The van der Waals surface area contributed by atoms with Gasteiger partial charge in [0.05, 0.1) is 0 Å². The van der Waals surface area contributed by atoms with Gasteiger partial charge >= 0.3 is 0 Å². The third-order valence-corrected chi connectivity index (χ3v) is 5.42. The van der Waals surface area contributed by atoms with Crippen LogP contribution in [0.5, 0.6) is 0 Å². The van der Waals surface area contributed by atoms with Gasteiger partial charge in [-0.2, -0.15) is 0 Å². The van der Waals surface area contributed by atoms with Gasteiger partial charge in [-0.1, -0.05) is 30.3 Å². The van der Waals surface area contributed by atoms with Crippen LogP contribution in [0.2, 0.25) is 0 Å². The largest absolute Gasteiger partial charge is 0.350 e. The standard InChI is InChI=1S/C22H28N4O2/c1-17(22(28)24-15-19-8-11-23-12-9-19)26-16-20(14-21(26)27)25(2)13-10-18-6-4-3-5-7-18/h3-9,11-12,17,20H,10,13-16H2,1-2H3,(H,24,28)/t17-,20-/m1/s1. The molecule has 2 heterocycles. The number of nitrogens with one attached hydrogen (secondary N) is 1. The number of carbonyl (C=O) groups excluding carboxylic acids is 2. The minimum absolute atomic E-state index is 0.0446. The van der Waals surface area contributed by atoms with E-state index in [4.69, 9.17) is 0 Å². The molecule has 1 aromatic carbocycles. The van der Waals surface area contributed by atoms with Crippen LogP contribution in [0.3, 0.4) is 0 Å². The van der Waals surface area contributed by atoms with Crippen LogP contribution in [0.4, 0.5) is 0 Å². The van der Waals surface area contributed by atoms with Gasteiger partial charge in [-0.3, -0.25) is 14.6 Å². The summed E-state index contributed by atoms with van der Waals surface area (Å²) in [5.41, 5.74) is 2.28. The van der Waals surface area contributed by atoms with Crippen molar-refractivity contribution in [3.05, 3.63) is 66.0 Å². The number of amides is 2. The van der Waals surface area contributed by atoms with Crippen molar-refractivity contribution in [1.29, 1.82) is 0 Å². The maximum atomic E-state index is 12.5. The van der Waals surface area contributed by atoms with E-state index >= 15 is 0 Å². The van der Waals surface area contributed by atoms with Crippen molar-refractivity contribution in [3.63, 3.8) is 0 Å². The zero-order valence-corrected chi connectivity index (χ0v) is 16.5. The molecule has 6 nitrogen and oxygen atoms in total. The lowest BCUT2D eigenvalue weighted by atomic mass is 10.1. The molecule has 6 heteroatoms. The van der Waals surface area contributed by atoms with E-state index in [1.54, 1.807) is 24.2 Å². The number of likely N-dealkylation sites (tertiary alicyclic amines) is 1. The number of pyridine rings is 1. The molecular weight excluding hydrogens is 352 g/mol. The highest BCUT2D eigenvalue weighted by Crippen LogP contribution is 2.19. The number of rotatable bonds is 8. The Kier molecular flexibility index (Phi) is 6.76. The summed E-state index contributed by atoms with van der Waals surface area (Å²) >= 11 is 0. The van der Waals surface area contributed by atoms with Crippen LogP contribution >= 0.6 is 0 Å². The van der Waals surface area contributed by atoms with Gasteiger partial charge in [0.2, 0.25) is 11.8 Å². The minimum Gasteiger partial charge on any atom is -0.350 e. The first kappa shape index (κ1) is 20.0. The van der Waals surface area contributed by atoms with E-state index in [9.17, 15) is 9.59 Å². The van der Waals surface area contributed by atoms with E-state index < -0.39 is 6.04 Å². The molecule has 0 unspecified atom stereocenters. The highest BCUT2D eigenvalue weighted by Gasteiger charge is 2.36. The summed E-state index contributed by atoms with van der Waals surface area (Å²) in [5, 5.41) is 2.91. The van der Waals surface area contributed by atoms with Crippen molar-refractivity contribution >= 4 is 11.8 Å². The molecule has 1 fully saturated rings. The topological polar surface area (TPSA) is 65.5 Å². The SMILES string of the molecule is C[C@H](C(=O)NCc1ccncc1)N1C[C@H](N(C)CCc2ccccc2)CC1=O. The number of nitrogens with zero attached hydrogens (tertiary/aromatic N) is 3. The van der Waals surface area contributed by atoms with Crippen molar-refractivity contribution in [2.45, 2.75) is 38.4 Å². The Morgan fingerprint density at radius 2 is 1.93 bits per heavy atom.